The predicted molar refractivity (Wildman–Crippen MR) is 64.3 cm³/mol. The molecule has 1 heterocycles. The van der Waals surface area contributed by atoms with E-state index in [-0.39, 0.29) is 17.9 Å². The lowest BCUT2D eigenvalue weighted by atomic mass is 10.0. The minimum atomic E-state index is -4.38. The van der Waals surface area contributed by atoms with Crippen molar-refractivity contribution in [3.63, 3.8) is 0 Å². The molecule has 6 nitrogen and oxygen atoms in total. The molecule has 0 aliphatic carbocycles. The Kier molecular flexibility index (Phi) is 2.95. The fourth-order valence-electron chi connectivity index (χ4n) is 1.97. The zero-order chi connectivity index (χ0) is 13.5. The summed E-state index contributed by atoms with van der Waals surface area (Å²) in [5, 5.41) is 2.52. The summed E-state index contributed by atoms with van der Waals surface area (Å²) < 4.78 is 30.1. The third-order valence-electron chi connectivity index (χ3n) is 2.59. The molecule has 0 unspecified atom stereocenters. The van der Waals surface area contributed by atoms with Crippen LogP contribution in [-0.2, 0) is 21.3 Å². The highest BCUT2D eigenvalue weighted by Crippen LogP contribution is 2.29. The number of carbonyl (C=O) groups excluding carboxylic acids is 2. The van der Waals surface area contributed by atoms with Crippen molar-refractivity contribution in [2.75, 3.05) is 11.1 Å². The van der Waals surface area contributed by atoms with Crippen molar-refractivity contribution in [2.24, 2.45) is 0 Å². The van der Waals surface area contributed by atoms with E-state index in [4.69, 9.17) is 4.55 Å². The Morgan fingerprint density at radius 1 is 1.44 bits per heavy atom. The normalized spacial score (nSPS) is 14.2. The van der Waals surface area contributed by atoms with Gasteiger partial charge in [-0.05, 0) is 24.1 Å². The summed E-state index contributed by atoms with van der Waals surface area (Å²) in [4.78, 5) is 23.1. The topological polar surface area (TPSA) is 101 Å². The number of aryl methyl sites for hydroxylation is 1. The van der Waals surface area contributed by atoms with Crippen LogP contribution in [0.5, 0.6) is 0 Å². The molecule has 2 N–H and O–H groups in total. The van der Waals surface area contributed by atoms with Crippen molar-refractivity contribution in [3.8, 4) is 0 Å². The Bertz CT molecular complexity index is 648. The van der Waals surface area contributed by atoms with Crippen LogP contribution in [-0.4, -0.2) is 30.4 Å². The van der Waals surface area contributed by atoms with Crippen LogP contribution in [0.15, 0.2) is 12.1 Å². The molecule has 18 heavy (non-hydrogen) atoms. The van der Waals surface area contributed by atoms with Crippen LogP contribution in [0, 0.1) is 6.92 Å². The number of nitrogens with one attached hydrogen (secondary N) is 1. The highest BCUT2D eigenvalue weighted by Gasteiger charge is 2.26. The Hall–Kier alpha value is -1.73. The van der Waals surface area contributed by atoms with Gasteiger partial charge in [-0.15, -0.1) is 0 Å². The van der Waals surface area contributed by atoms with Crippen LogP contribution < -0.4 is 5.32 Å². The number of benzene rings is 1. The Labute approximate surface area is 104 Å². The number of hydrogen-bond acceptors (Lipinski definition) is 4. The molecule has 0 bridgehead atoms. The van der Waals surface area contributed by atoms with E-state index in [1.165, 1.54) is 6.07 Å². The van der Waals surface area contributed by atoms with Gasteiger partial charge in [0.1, 0.15) is 5.75 Å². The second-order valence-electron chi connectivity index (χ2n) is 4.22. The fourth-order valence-corrected chi connectivity index (χ4v) is 2.46. The minimum absolute atomic E-state index is 0.119. The molecule has 2 rings (SSSR count). The quantitative estimate of drug-likeness (QED) is 0.617. The number of fused-ring (bicyclic) bond motifs is 1. The van der Waals surface area contributed by atoms with Crippen molar-refractivity contribution in [2.45, 2.75) is 13.3 Å². The summed E-state index contributed by atoms with van der Waals surface area (Å²) in [6, 6.07) is 3.26. The second-order valence-corrected chi connectivity index (χ2v) is 5.67. The Morgan fingerprint density at radius 3 is 2.72 bits per heavy atom. The molecule has 0 spiro atoms. The summed E-state index contributed by atoms with van der Waals surface area (Å²) in [5.74, 6) is -1.96. The zero-order valence-electron chi connectivity index (χ0n) is 9.56. The highest BCUT2D eigenvalue weighted by molar-refractivity contribution is 7.86. The van der Waals surface area contributed by atoms with Crippen LogP contribution in [0.3, 0.4) is 0 Å². The second kappa shape index (κ2) is 4.18. The number of anilines is 1. The van der Waals surface area contributed by atoms with Crippen LogP contribution in [0.1, 0.15) is 21.5 Å². The summed E-state index contributed by atoms with van der Waals surface area (Å²) in [6.07, 6.45) is 0.170. The monoisotopic (exact) mass is 269 g/mol. The fraction of sp³-hybridized carbons (Fsp3) is 0.273. The minimum Gasteiger partial charge on any atom is -0.325 e. The van der Waals surface area contributed by atoms with Gasteiger partial charge in [0.2, 0.25) is 5.91 Å². The van der Waals surface area contributed by atoms with Gasteiger partial charge in [-0.1, -0.05) is 6.07 Å². The van der Waals surface area contributed by atoms with E-state index in [2.05, 4.69) is 5.32 Å². The van der Waals surface area contributed by atoms with E-state index in [0.29, 0.717) is 11.3 Å². The first kappa shape index (κ1) is 12.7. The van der Waals surface area contributed by atoms with Crippen molar-refractivity contribution >= 4 is 27.5 Å². The summed E-state index contributed by atoms with van der Waals surface area (Å²) in [7, 11) is -4.38. The summed E-state index contributed by atoms with van der Waals surface area (Å²) in [5.41, 5.74) is 1.88. The maximum atomic E-state index is 11.8. The molecular weight excluding hydrogens is 258 g/mol. The SMILES string of the molecule is Cc1cc2c(c(C(=O)CS(=O)(=O)O)c1)NC(=O)C2. The van der Waals surface area contributed by atoms with Crippen LogP contribution in [0.4, 0.5) is 5.69 Å². The van der Waals surface area contributed by atoms with Gasteiger partial charge in [0.25, 0.3) is 10.1 Å². The van der Waals surface area contributed by atoms with Gasteiger partial charge in [0.15, 0.2) is 5.78 Å². The molecule has 7 heteroatoms. The molecular formula is C11H11NO5S. The van der Waals surface area contributed by atoms with Gasteiger partial charge < -0.3 is 5.32 Å². The summed E-state index contributed by atoms with van der Waals surface area (Å²) in [6.45, 7) is 1.74. The molecule has 0 aromatic heterocycles. The number of carbonyl (C=O) groups is 2. The number of amides is 1. The van der Waals surface area contributed by atoms with Crippen molar-refractivity contribution < 1.29 is 22.6 Å². The zero-order valence-corrected chi connectivity index (χ0v) is 10.4. The number of hydrogen-bond donors (Lipinski definition) is 2. The van der Waals surface area contributed by atoms with Gasteiger partial charge in [0.05, 0.1) is 12.1 Å². The first-order valence-corrected chi connectivity index (χ1v) is 6.79. The molecule has 0 fully saturated rings. The standard InChI is InChI=1S/C11H11NO5S/c1-6-2-7-4-10(14)12-11(7)8(3-6)9(13)5-18(15,16)17/h2-3H,4-5H2,1H3,(H,12,14)(H,15,16,17). The van der Waals surface area contributed by atoms with Gasteiger partial charge >= 0.3 is 0 Å². The van der Waals surface area contributed by atoms with E-state index in [0.717, 1.165) is 5.56 Å². The maximum absolute atomic E-state index is 11.8. The van der Waals surface area contributed by atoms with E-state index in [1.807, 2.05) is 0 Å². The van der Waals surface area contributed by atoms with Crippen molar-refractivity contribution in [3.05, 3.63) is 28.8 Å². The average molecular weight is 269 g/mol. The number of Topliss-reactive ketones (excluding diaryl/α,β-unsaturated/α-hetero) is 1. The Morgan fingerprint density at radius 2 is 2.11 bits per heavy atom. The third kappa shape index (κ3) is 2.57. The largest absolute Gasteiger partial charge is 0.325 e. The molecule has 0 atom stereocenters. The van der Waals surface area contributed by atoms with E-state index in [9.17, 15) is 18.0 Å². The lowest BCUT2D eigenvalue weighted by Gasteiger charge is -2.08. The highest BCUT2D eigenvalue weighted by atomic mass is 32.2. The van der Waals surface area contributed by atoms with E-state index >= 15 is 0 Å². The van der Waals surface area contributed by atoms with Gasteiger partial charge in [0, 0.05) is 5.56 Å². The predicted octanol–water partition coefficient (Wildman–Crippen LogP) is 0.560. The number of ketones is 1. The van der Waals surface area contributed by atoms with Gasteiger partial charge in [-0.25, -0.2) is 0 Å². The van der Waals surface area contributed by atoms with Gasteiger partial charge in [-0.3, -0.25) is 14.1 Å². The molecule has 0 saturated carbocycles. The first-order valence-electron chi connectivity index (χ1n) is 5.18. The molecule has 0 saturated heterocycles. The molecule has 1 aromatic rings. The van der Waals surface area contributed by atoms with Crippen LogP contribution in [0.2, 0.25) is 0 Å². The van der Waals surface area contributed by atoms with Gasteiger partial charge in [-0.2, -0.15) is 8.42 Å². The third-order valence-corrected chi connectivity index (χ3v) is 3.22. The maximum Gasteiger partial charge on any atom is 0.272 e. The molecule has 1 aromatic carbocycles. The molecule has 1 aliphatic rings. The van der Waals surface area contributed by atoms with Crippen LogP contribution in [0.25, 0.3) is 0 Å². The molecule has 0 radical (unpaired) electrons. The van der Waals surface area contributed by atoms with Crippen molar-refractivity contribution in [1.29, 1.82) is 0 Å². The van der Waals surface area contributed by atoms with E-state index < -0.39 is 21.7 Å². The Balaban J connectivity index is 2.46. The van der Waals surface area contributed by atoms with E-state index in [1.54, 1.807) is 13.0 Å². The lowest BCUT2D eigenvalue weighted by molar-refractivity contribution is -0.115. The van der Waals surface area contributed by atoms with Crippen molar-refractivity contribution in [1.82, 2.24) is 0 Å². The molecule has 1 aliphatic heterocycles. The first-order chi connectivity index (χ1) is 8.26. The van der Waals surface area contributed by atoms with Crippen LogP contribution >= 0.6 is 0 Å². The molecule has 1 amide bonds. The summed E-state index contributed by atoms with van der Waals surface area (Å²) >= 11 is 0. The molecule has 96 valence electrons. The average Bonchev–Trinajstić information content (AvgIpc) is 2.53. The lowest BCUT2D eigenvalue weighted by Crippen LogP contribution is -2.17. The smallest absolute Gasteiger partial charge is 0.272 e. The number of rotatable bonds is 3.